The van der Waals surface area contributed by atoms with Crippen molar-refractivity contribution in [1.29, 1.82) is 0 Å². The third-order valence-corrected chi connectivity index (χ3v) is 6.47. The van der Waals surface area contributed by atoms with Crippen LogP contribution in [0, 0.1) is 0 Å². The number of carbonyl (C=O) groups is 2. The quantitative estimate of drug-likeness (QED) is 0.533. The van der Waals surface area contributed by atoms with Gasteiger partial charge in [-0.25, -0.2) is 8.42 Å². The number of carbonyl (C=O) groups excluding carboxylic acids is 2. The monoisotopic (exact) mass is 509 g/mol. The molecule has 2 rings (SSSR count). The van der Waals surface area contributed by atoms with Crippen molar-refractivity contribution in [3.63, 3.8) is 0 Å². The molecule has 7 nitrogen and oxygen atoms in total. The summed E-state index contributed by atoms with van der Waals surface area (Å²) in [6.45, 7) is 3.80. The molecule has 0 heterocycles. The lowest BCUT2D eigenvalue weighted by Gasteiger charge is -2.31. The van der Waals surface area contributed by atoms with Crippen LogP contribution in [0.5, 0.6) is 0 Å². The molecule has 0 radical (unpaired) electrons. The summed E-state index contributed by atoms with van der Waals surface area (Å²) in [7, 11) is -3.71. The van der Waals surface area contributed by atoms with Crippen LogP contribution in [0.2, 0.25) is 0 Å². The van der Waals surface area contributed by atoms with E-state index in [1.165, 1.54) is 4.90 Å². The maximum atomic E-state index is 13.2. The fourth-order valence-corrected chi connectivity index (χ4v) is 4.23. The highest BCUT2D eigenvalue weighted by atomic mass is 79.9. The van der Waals surface area contributed by atoms with Crippen LogP contribution in [0.4, 0.5) is 5.69 Å². The smallest absolute Gasteiger partial charge is 0.244 e. The first-order valence-corrected chi connectivity index (χ1v) is 12.6. The van der Waals surface area contributed by atoms with Crippen molar-refractivity contribution in [3.05, 3.63) is 64.6 Å². The zero-order valence-corrected chi connectivity index (χ0v) is 20.3. The normalized spacial score (nSPS) is 12.1. The van der Waals surface area contributed by atoms with Crippen LogP contribution < -0.4 is 9.62 Å². The highest BCUT2D eigenvalue weighted by Crippen LogP contribution is 2.21. The molecule has 9 heteroatoms. The Labute approximate surface area is 192 Å². The number of nitrogens with one attached hydrogen (secondary N) is 1. The van der Waals surface area contributed by atoms with E-state index in [9.17, 15) is 18.0 Å². The molecule has 0 spiro atoms. The average Bonchev–Trinajstić information content (AvgIpc) is 2.73. The van der Waals surface area contributed by atoms with Gasteiger partial charge in [0, 0.05) is 17.6 Å². The molecule has 2 amide bonds. The van der Waals surface area contributed by atoms with Crippen molar-refractivity contribution in [1.82, 2.24) is 10.2 Å². The van der Waals surface area contributed by atoms with Crippen LogP contribution in [-0.2, 0) is 26.0 Å². The minimum absolute atomic E-state index is 0.279. The summed E-state index contributed by atoms with van der Waals surface area (Å²) in [6, 6.07) is 15.6. The minimum atomic E-state index is -3.71. The Hall–Kier alpha value is -2.39. The summed E-state index contributed by atoms with van der Waals surface area (Å²) >= 11 is 3.32. The lowest BCUT2D eigenvalue weighted by Crippen LogP contribution is -2.52. The lowest BCUT2D eigenvalue weighted by atomic mass is 10.1. The molecular formula is C22H28BrN3O4S. The zero-order chi connectivity index (χ0) is 23.0. The van der Waals surface area contributed by atoms with Gasteiger partial charge < -0.3 is 10.2 Å². The number of sulfonamides is 1. The minimum Gasteiger partial charge on any atom is -0.355 e. The molecule has 2 aromatic carbocycles. The number of rotatable bonds is 10. The van der Waals surface area contributed by atoms with Crippen molar-refractivity contribution in [3.8, 4) is 0 Å². The Balaban J connectivity index is 2.28. The largest absolute Gasteiger partial charge is 0.355 e. The van der Waals surface area contributed by atoms with E-state index in [0.717, 1.165) is 20.6 Å². The molecule has 1 N–H and O–H groups in total. The van der Waals surface area contributed by atoms with Gasteiger partial charge in [0.05, 0.1) is 11.9 Å². The Morgan fingerprint density at radius 3 is 2.23 bits per heavy atom. The molecule has 31 heavy (non-hydrogen) atoms. The fourth-order valence-electron chi connectivity index (χ4n) is 3.11. The second-order valence-corrected chi connectivity index (χ2v) is 9.96. The van der Waals surface area contributed by atoms with Gasteiger partial charge in [0.15, 0.2) is 0 Å². The van der Waals surface area contributed by atoms with Crippen LogP contribution in [0.3, 0.4) is 0 Å². The lowest BCUT2D eigenvalue weighted by molar-refractivity contribution is -0.138. The Morgan fingerprint density at radius 2 is 1.68 bits per heavy atom. The number of benzene rings is 2. The summed E-state index contributed by atoms with van der Waals surface area (Å²) in [5, 5.41) is 2.73. The van der Waals surface area contributed by atoms with Crippen molar-refractivity contribution >= 4 is 43.5 Å². The van der Waals surface area contributed by atoms with Gasteiger partial charge in [0.1, 0.15) is 12.6 Å². The summed E-state index contributed by atoms with van der Waals surface area (Å²) < 4.78 is 26.7. The molecule has 1 unspecified atom stereocenters. The molecule has 0 aromatic heterocycles. The summed E-state index contributed by atoms with van der Waals surface area (Å²) in [5.74, 6) is -0.721. The predicted octanol–water partition coefficient (Wildman–Crippen LogP) is 2.81. The number of amides is 2. The van der Waals surface area contributed by atoms with E-state index in [0.29, 0.717) is 25.2 Å². The molecule has 0 aliphatic rings. The topological polar surface area (TPSA) is 86.8 Å². The second kappa shape index (κ2) is 11.3. The van der Waals surface area contributed by atoms with Crippen molar-refractivity contribution in [2.75, 3.05) is 30.2 Å². The van der Waals surface area contributed by atoms with Gasteiger partial charge in [-0.3, -0.25) is 13.9 Å². The fraction of sp³-hybridized carbons (Fsp3) is 0.364. The zero-order valence-electron chi connectivity index (χ0n) is 17.9. The summed E-state index contributed by atoms with van der Waals surface area (Å²) in [5.41, 5.74) is 1.41. The second-order valence-electron chi connectivity index (χ2n) is 7.14. The average molecular weight is 510 g/mol. The summed E-state index contributed by atoms with van der Waals surface area (Å²) in [6.07, 6.45) is 1.61. The van der Waals surface area contributed by atoms with Crippen LogP contribution >= 0.6 is 15.9 Å². The van der Waals surface area contributed by atoms with E-state index in [-0.39, 0.29) is 12.5 Å². The summed E-state index contributed by atoms with van der Waals surface area (Å²) in [4.78, 5) is 27.1. The van der Waals surface area contributed by atoms with Gasteiger partial charge in [0.25, 0.3) is 0 Å². The molecule has 1 atom stereocenters. The number of halogens is 1. The van der Waals surface area contributed by atoms with Crippen molar-refractivity contribution in [2.24, 2.45) is 0 Å². The van der Waals surface area contributed by atoms with Gasteiger partial charge in [-0.1, -0.05) is 46.3 Å². The van der Waals surface area contributed by atoms with E-state index in [2.05, 4.69) is 21.2 Å². The highest BCUT2D eigenvalue weighted by molar-refractivity contribution is 9.10. The van der Waals surface area contributed by atoms with Crippen LogP contribution in [0.25, 0.3) is 0 Å². The maximum Gasteiger partial charge on any atom is 0.244 e. The van der Waals surface area contributed by atoms with E-state index in [1.807, 2.05) is 30.3 Å². The van der Waals surface area contributed by atoms with Crippen LogP contribution in [0.15, 0.2) is 59.1 Å². The molecule has 168 valence electrons. The molecule has 0 aliphatic heterocycles. The van der Waals surface area contributed by atoms with Gasteiger partial charge in [-0.15, -0.1) is 0 Å². The van der Waals surface area contributed by atoms with E-state index in [4.69, 9.17) is 0 Å². The molecule has 2 aromatic rings. The Bertz CT molecular complexity index is 982. The van der Waals surface area contributed by atoms with Crippen LogP contribution in [-0.4, -0.2) is 57.1 Å². The molecule has 0 fully saturated rings. The SMILES string of the molecule is CCNC(=O)C(C)N(CCc1ccccc1)C(=O)CN(c1ccc(Br)cc1)S(C)(=O)=O. The van der Waals surface area contributed by atoms with Gasteiger partial charge in [0.2, 0.25) is 21.8 Å². The molecule has 0 aliphatic carbocycles. The first kappa shape index (κ1) is 24.9. The van der Waals surface area contributed by atoms with Gasteiger partial charge >= 0.3 is 0 Å². The highest BCUT2D eigenvalue weighted by Gasteiger charge is 2.29. The molecular weight excluding hydrogens is 482 g/mol. The standard InChI is InChI=1S/C22H28BrN3O4S/c1-4-24-22(28)17(2)25(15-14-18-8-6-5-7-9-18)21(27)16-26(31(3,29)30)20-12-10-19(23)11-13-20/h5-13,17H,4,14-16H2,1-3H3,(H,24,28). The first-order valence-electron chi connectivity index (χ1n) is 9.98. The number of hydrogen-bond donors (Lipinski definition) is 1. The Morgan fingerprint density at radius 1 is 1.06 bits per heavy atom. The van der Waals surface area contributed by atoms with E-state index >= 15 is 0 Å². The third-order valence-electron chi connectivity index (χ3n) is 4.80. The Kier molecular flexibility index (Phi) is 9.06. The van der Waals surface area contributed by atoms with Gasteiger partial charge in [-0.2, -0.15) is 0 Å². The number of likely N-dealkylation sites (N-methyl/N-ethyl adjacent to an activating group) is 1. The number of anilines is 1. The predicted molar refractivity (Wildman–Crippen MR) is 126 cm³/mol. The number of hydrogen-bond acceptors (Lipinski definition) is 4. The van der Waals surface area contributed by atoms with Gasteiger partial charge in [-0.05, 0) is 50.1 Å². The first-order chi connectivity index (χ1) is 14.6. The van der Waals surface area contributed by atoms with E-state index < -0.39 is 22.0 Å². The van der Waals surface area contributed by atoms with Crippen molar-refractivity contribution in [2.45, 2.75) is 26.3 Å². The molecule has 0 bridgehead atoms. The molecule has 0 saturated carbocycles. The van der Waals surface area contributed by atoms with Crippen molar-refractivity contribution < 1.29 is 18.0 Å². The third kappa shape index (κ3) is 7.36. The number of nitrogens with zero attached hydrogens (tertiary/aromatic N) is 2. The molecule has 0 saturated heterocycles. The van der Waals surface area contributed by atoms with Crippen LogP contribution in [0.1, 0.15) is 19.4 Å². The van der Waals surface area contributed by atoms with E-state index in [1.54, 1.807) is 38.1 Å². The maximum absolute atomic E-state index is 13.2.